The van der Waals surface area contributed by atoms with E-state index in [0.717, 1.165) is 0 Å². The van der Waals surface area contributed by atoms with Gasteiger partial charge in [0.1, 0.15) is 6.61 Å². The monoisotopic (exact) mass is 216 g/mol. The Morgan fingerprint density at radius 2 is 2.36 bits per heavy atom. The largest absolute Gasteiger partial charge is 0.489 e. The van der Waals surface area contributed by atoms with Crippen LogP contribution in [-0.2, 0) is 0 Å². The third kappa shape index (κ3) is 3.91. The zero-order valence-corrected chi connectivity index (χ0v) is 8.50. The van der Waals surface area contributed by atoms with Crippen LogP contribution in [0.1, 0.15) is 0 Å². The molecule has 5 heteroatoms. The third-order valence-corrected chi connectivity index (χ3v) is 1.87. The Balaban J connectivity index is 2.21. The van der Waals surface area contributed by atoms with Gasteiger partial charge in [-0.25, -0.2) is 0 Å². The highest BCUT2D eigenvalue weighted by Crippen LogP contribution is 2.21. The van der Waals surface area contributed by atoms with Crippen LogP contribution in [0.25, 0.3) is 0 Å². The highest BCUT2D eigenvalue weighted by Gasteiger charge is 1.98. The minimum Gasteiger partial charge on any atom is -0.489 e. The van der Waals surface area contributed by atoms with Crippen molar-refractivity contribution in [3.05, 3.63) is 23.5 Å². The topological polar surface area (TPSA) is 54.4 Å². The lowest BCUT2D eigenvalue weighted by molar-refractivity contribution is 0.275. The van der Waals surface area contributed by atoms with E-state index in [-0.39, 0.29) is 6.61 Å². The first-order chi connectivity index (χ1) is 6.84. The zero-order valence-electron chi connectivity index (χ0n) is 7.74. The molecule has 0 atom stereocenters. The molecular formula is C9H13ClN2O2. The Hall–Kier alpha value is -0.840. The lowest BCUT2D eigenvalue weighted by Crippen LogP contribution is -2.24. The van der Waals surface area contributed by atoms with Gasteiger partial charge in [-0.05, 0) is 6.07 Å². The smallest absolute Gasteiger partial charge is 0.156 e. The molecule has 0 radical (unpaired) electrons. The number of aliphatic hydroxyl groups excluding tert-OH is 1. The predicted octanol–water partition coefficient (Wildman–Crippen LogP) is 0.696. The summed E-state index contributed by atoms with van der Waals surface area (Å²) in [5.74, 6) is 0.583. The summed E-state index contributed by atoms with van der Waals surface area (Å²) in [4.78, 5) is 3.89. The van der Waals surface area contributed by atoms with Crippen LogP contribution in [0.15, 0.2) is 18.5 Å². The number of aromatic nitrogens is 1. The highest BCUT2D eigenvalue weighted by molar-refractivity contribution is 6.31. The third-order valence-electron chi connectivity index (χ3n) is 1.56. The van der Waals surface area contributed by atoms with E-state index >= 15 is 0 Å². The Kier molecular flexibility index (Phi) is 5.29. The van der Waals surface area contributed by atoms with Crippen LogP contribution in [0.3, 0.4) is 0 Å². The molecule has 1 rings (SSSR count). The van der Waals surface area contributed by atoms with Crippen LogP contribution in [0.5, 0.6) is 5.75 Å². The molecule has 1 aromatic heterocycles. The average molecular weight is 217 g/mol. The van der Waals surface area contributed by atoms with E-state index in [1.165, 1.54) is 0 Å². The van der Waals surface area contributed by atoms with E-state index in [9.17, 15) is 0 Å². The average Bonchev–Trinajstić information content (AvgIpc) is 2.20. The maximum absolute atomic E-state index is 8.49. The van der Waals surface area contributed by atoms with E-state index in [4.69, 9.17) is 21.4 Å². The van der Waals surface area contributed by atoms with Gasteiger partial charge in [-0.1, -0.05) is 11.6 Å². The molecule has 2 N–H and O–H groups in total. The number of rotatable bonds is 6. The van der Waals surface area contributed by atoms with Crippen LogP contribution in [0, 0.1) is 0 Å². The van der Waals surface area contributed by atoms with Crippen molar-refractivity contribution in [3.8, 4) is 5.75 Å². The zero-order chi connectivity index (χ0) is 10.2. The first kappa shape index (κ1) is 11.2. The van der Waals surface area contributed by atoms with Gasteiger partial charge in [-0.3, -0.25) is 4.98 Å². The Labute approximate surface area is 87.9 Å². The first-order valence-corrected chi connectivity index (χ1v) is 4.76. The van der Waals surface area contributed by atoms with Crippen molar-refractivity contribution in [2.24, 2.45) is 0 Å². The van der Waals surface area contributed by atoms with Gasteiger partial charge in [0.2, 0.25) is 0 Å². The number of aliphatic hydroxyl groups is 1. The normalized spacial score (nSPS) is 10.1. The van der Waals surface area contributed by atoms with E-state index in [0.29, 0.717) is 30.5 Å². The second-order valence-corrected chi connectivity index (χ2v) is 3.04. The van der Waals surface area contributed by atoms with Crippen LogP contribution in [0.2, 0.25) is 5.02 Å². The van der Waals surface area contributed by atoms with Crippen LogP contribution in [-0.4, -0.2) is 36.4 Å². The fraction of sp³-hybridized carbons (Fsp3) is 0.444. The second-order valence-electron chi connectivity index (χ2n) is 2.63. The fourth-order valence-electron chi connectivity index (χ4n) is 0.906. The number of nitrogens with zero attached hydrogens (tertiary/aromatic N) is 1. The molecular weight excluding hydrogens is 204 g/mol. The van der Waals surface area contributed by atoms with Crippen molar-refractivity contribution in [2.75, 3.05) is 26.3 Å². The molecule has 1 aromatic rings. The van der Waals surface area contributed by atoms with Crippen LogP contribution in [0.4, 0.5) is 0 Å². The molecule has 0 aliphatic heterocycles. The maximum atomic E-state index is 8.49. The molecule has 0 aliphatic carbocycles. The molecule has 0 saturated carbocycles. The minimum absolute atomic E-state index is 0.133. The molecule has 0 fully saturated rings. The van der Waals surface area contributed by atoms with Gasteiger partial charge >= 0.3 is 0 Å². The van der Waals surface area contributed by atoms with Crippen molar-refractivity contribution in [1.82, 2.24) is 10.3 Å². The summed E-state index contributed by atoms with van der Waals surface area (Å²) >= 11 is 5.84. The number of ether oxygens (including phenoxy) is 1. The lowest BCUT2D eigenvalue weighted by Gasteiger charge is -2.07. The van der Waals surface area contributed by atoms with Crippen LogP contribution < -0.4 is 10.1 Å². The van der Waals surface area contributed by atoms with Gasteiger partial charge in [0.15, 0.2) is 5.75 Å². The van der Waals surface area contributed by atoms with Crippen LogP contribution >= 0.6 is 11.6 Å². The summed E-state index contributed by atoms with van der Waals surface area (Å²) in [6, 6.07) is 1.68. The molecule has 4 nitrogen and oxygen atoms in total. The van der Waals surface area contributed by atoms with Gasteiger partial charge in [0.25, 0.3) is 0 Å². The highest BCUT2D eigenvalue weighted by atomic mass is 35.5. The van der Waals surface area contributed by atoms with Gasteiger partial charge in [0.05, 0.1) is 17.8 Å². The molecule has 0 aliphatic rings. The number of halogens is 1. The minimum atomic E-state index is 0.133. The summed E-state index contributed by atoms with van der Waals surface area (Å²) in [6.07, 6.45) is 3.19. The van der Waals surface area contributed by atoms with Gasteiger partial charge < -0.3 is 15.2 Å². The summed E-state index contributed by atoms with van der Waals surface area (Å²) < 4.78 is 5.34. The summed E-state index contributed by atoms with van der Waals surface area (Å²) in [5, 5.41) is 12.0. The van der Waals surface area contributed by atoms with Crippen molar-refractivity contribution < 1.29 is 9.84 Å². The van der Waals surface area contributed by atoms with E-state index in [1.807, 2.05) is 0 Å². The molecule has 0 amide bonds. The molecule has 14 heavy (non-hydrogen) atoms. The molecule has 0 saturated heterocycles. The quantitative estimate of drug-likeness (QED) is 0.688. The Morgan fingerprint density at radius 3 is 3.07 bits per heavy atom. The molecule has 0 bridgehead atoms. The second kappa shape index (κ2) is 6.59. The van der Waals surface area contributed by atoms with Crippen molar-refractivity contribution >= 4 is 11.6 Å². The summed E-state index contributed by atoms with van der Waals surface area (Å²) in [7, 11) is 0. The molecule has 0 spiro atoms. The van der Waals surface area contributed by atoms with Crippen molar-refractivity contribution in [1.29, 1.82) is 0 Å². The lowest BCUT2D eigenvalue weighted by atomic mass is 10.4. The Morgan fingerprint density at radius 1 is 1.50 bits per heavy atom. The molecule has 78 valence electrons. The number of nitrogens with one attached hydrogen (secondary N) is 1. The maximum Gasteiger partial charge on any atom is 0.156 e. The number of hydrogen-bond donors (Lipinski definition) is 2. The molecule has 0 aromatic carbocycles. The standard InChI is InChI=1S/C9H13ClN2O2/c10-8-1-2-12-7-9(8)14-6-4-11-3-5-13/h1-2,7,11,13H,3-6H2. The van der Waals surface area contributed by atoms with Gasteiger partial charge in [-0.15, -0.1) is 0 Å². The molecule has 0 unspecified atom stereocenters. The summed E-state index contributed by atoms with van der Waals surface area (Å²) in [5.41, 5.74) is 0. The van der Waals surface area contributed by atoms with Crippen molar-refractivity contribution in [2.45, 2.75) is 0 Å². The Bertz CT molecular complexity index is 271. The first-order valence-electron chi connectivity index (χ1n) is 4.38. The van der Waals surface area contributed by atoms with Gasteiger partial charge in [0, 0.05) is 19.3 Å². The van der Waals surface area contributed by atoms with E-state index in [1.54, 1.807) is 18.5 Å². The number of pyridine rings is 1. The van der Waals surface area contributed by atoms with E-state index < -0.39 is 0 Å². The summed E-state index contributed by atoms with van der Waals surface area (Å²) in [6.45, 7) is 1.88. The molecule has 1 heterocycles. The van der Waals surface area contributed by atoms with Crippen molar-refractivity contribution in [3.63, 3.8) is 0 Å². The SMILES string of the molecule is OCCNCCOc1cnccc1Cl. The van der Waals surface area contributed by atoms with Gasteiger partial charge in [-0.2, -0.15) is 0 Å². The van der Waals surface area contributed by atoms with E-state index in [2.05, 4.69) is 10.3 Å². The predicted molar refractivity (Wildman–Crippen MR) is 54.7 cm³/mol. The number of hydrogen-bond acceptors (Lipinski definition) is 4. The fourth-order valence-corrected chi connectivity index (χ4v) is 1.07.